The van der Waals surface area contributed by atoms with E-state index in [2.05, 4.69) is 43.2 Å². The molecule has 2 rings (SSSR count). The topological polar surface area (TPSA) is 38.4 Å². The zero-order valence-electron chi connectivity index (χ0n) is 9.46. The van der Waals surface area contributed by atoms with Crippen molar-refractivity contribution in [3.05, 3.63) is 35.4 Å². The van der Waals surface area contributed by atoms with Crippen LogP contribution in [0.3, 0.4) is 0 Å². The van der Waals surface area contributed by atoms with Crippen LogP contribution in [0, 0.1) is 5.41 Å². The third-order valence-electron chi connectivity index (χ3n) is 3.55. The minimum Gasteiger partial charge on any atom is -0.323 e. The van der Waals surface area contributed by atoms with E-state index >= 15 is 0 Å². The zero-order chi connectivity index (χ0) is 10.9. The fraction of sp³-hybridized carbons (Fsp3) is 0.462. The molecular formula is C13H18N2. The lowest BCUT2D eigenvalue weighted by atomic mass is 9.70. The summed E-state index contributed by atoms with van der Waals surface area (Å²) in [5, 5.41) is 3.95. The van der Waals surface area contributed by atoms with Crippen molar-refractivity contribution in [3.8, 4) is 0 Å². The fourth-order valence-electron chi connectivity index (χ4n) is 2.34. The van der Waals surface area contributed by atoms with Crippen LogP contribution < -0.4 is 5.84 Å². The molecule has 0 saturated heterocycles. The second kappa shape index (κ2) is 3.69. The SMILES string of the molecule is CC[C@@]1(C)C/C(=N\N)c2ccccc2C1. The lowest BCUT2D eigenvalue weighted by molar-refractivity contribution is 0.316. The average molecular weight is 202 g/mol. The van der Waals surface area contributed by atoms with E-state index in [0.717, 1.165) is 18.6 Å². The van der Waals surface area contributed by atoms with E-state index in [-0.39, 0.29) is 0 Å². The highest BCUT2D eigenvalue weighted by atomic mass is 15.1. The lowest BCUT2D eigenvalue weighted by Gasteiger charge is -2.34. The molecule has 0 fully saturated rings. The first kappa shape index (κ1) is 10.2. The number of benzene rings is 1. The van der Waals surface area contributed by atoms with Crippen molar-refractivity contribution in [3.63, 3.8) is 0 Å². The summed E-state index contributed by atoms with van der Waals surface area (Å²) >= 11 is 0. The molecule has 0 unspecified atom stereocenters. The van der Waals surface area contributed by atoms with Gasteiger partial charge in [-0.05, 0) is 23.8 Å². The molecule has 1 aromatic carbocycles. The van der Waals surface area contributed by atoms with Gasteiger partial charge in [0.2, 0.25) is 0 Å². The quantitative estimate of drug-likeness (QED) is 0.552. The van der Waals surface area contributed by atoms with E-state index < -0.39 is 0 Å². The van der Waals surface area contributed by atoms with Gasteiger partial charge in [0.25, 0.3) is 0 Å². The minimum atomic E-state index is 0.326. The molecule has 0 aliphatic heterocycles. The van der Waals surface area contributed by atoms with E-state index in [1.807, 2.05) is 0 Å². The van der Waals surface area contributed by atoms with E-state index in [4.69, 9.17) is 5.84 Å². The molecule has 0 aromatic heterocycles. The van der Waals surface area contributed by atoms with Crippen LogP contribution in [-0.4, -0.2) is 5.71 Å². The van der Waals surface area contributed by atoms with Gasteiger partial charge in [0.15, 0.2) is 0 Å². The first-order chi connectivity index (χ1) is 7.18. The van der Waals surface area contributed by atoms with Gasteiger partial charge in [-0.2, -0.15) is 5.10 Å². The Kier molecular flexibility index (Phi) is 2.51. The Labute approximate surface area is 91.2 Å². The van der Waals surface area contributed by atoms with Crippen molar-refractivity contribution in [2.24, 2.45) is 16.4 Å². The predicted molar refractivity (Wildman–Crippen MR) is 63.9 cm³/mol. The molecule has 80 valence electrons. The first-order valence-corrected chi connectivity index (χ1v) is 5.53. The van der Waals surface area contributed by atoms with Gasteiger partial charge in [0, 0.05) is 5.56 Å². The van der Waals surface area contributed by atoms with Crippen LogP contribution in [0.5, 0.6) is 0 Å². The van der Waals surface area contributed by atoms with Gasteiger partial charge in [-0.25, -0.2) is 0 Å². The largest absolute Gasteiger partial charge is 0.323 e. The van der Waals surface area contributed by atoms with Crippen LogP contribution in [0.1, 0.15) is 37.8 Å². The number of hydrogen-bond donors (Lipinski definition) is 1. The third kappa shape index (κ3) is 1.76. The summed E-state index contributed by atoms with van der Waals surface area (Å²) in [6.45, 7) is 4.55. The number of fused-ring (bicyclic) bond motifs is 1. The van der Waals surface area contributed by atoms with Gasteiger partial charge in [0.1, 0.15) is 0 Å². The first-order valence-electron chi connectivity index (χ1n) is 5.53. The van der Waals surface area contributed by atoms with E-state index in [0.29, 0.717) is 5.41 Å². The molecule has 1 aliphatic rings. The summed E-state index contributed by atoms with van der Waals surface area (Å²) in [7, 11) is 0. The van der Waals surface area contributed by atoms with Gasteiger partial charge >= 0.3 is 0 Å². The fourth-order valence-corrected chi connectivity index (χ4v) is 2.34. The lowest BCUT2D eigenvalue weighted by Crippen LogP contribution is -2.30. The van der Waals surface area contributed by atoms with Crippen LogP contribution in [0.2, 0.25) is 0 Å². The summed E-state index contributed by atoms with van der Waals surface area (Å²) in [5.74, 6) is 5.48. The number of nitrogens with two attached hydrogens (primary N) is 1. The summed E-state index contributed by atoms with van der Waals surface area (Å²) in [5.41, 5.74) is 4.01. The normalized spacial score (nSPS) is 27.7. The summed E-state index contributed by atoms with van der Waals surface area (Å²) in [6.07, 6.45) is 3.30. The van der Waals surface area contributed by atoms with Crippen LogP contribution in [0.15, 0.2) is 29.4 Å². The van der Waals surface area contributed by atoms with Gasteiger partial charge in [-0.15, -0.1) is 0 Å². The van der Waals surface area contributed by atoms with Gasteiger partial charge in [-0.1, -0.05) is 44.5 Å². The van der Waals surface area contributed by atoms with Crippen LogP contribution >= 0.6 is 0 Å². The highest BCUT2D eigenvalue weighted by Crippen LogP contribution is 2.37. The van der Waals surface area contributed by atoms with E-state index in [9.17, 15) is 0 Å². The molecule has 2 heteroatoms. The number of hydrogen-bond acceptors (Lipinski definition) is 2. The highest BCUT2D eigenvalue weighted by molar-refractivity contribution is 6.03. The number of hydrazone groups is 1. The molecule has 0 saturated carbocycles. The Morgan fingerprint density at radius 2 is 2.07 bits per heavy atom. The molecular weight excluding hydrogens is 184 g/mol. The average Bonchev–Trinajstić information content (AvgIpc) is 2.28. The van der Waals surface area contributed by atoms with Gasteiger partial charge in [0.05, 0.1) is 5.71 Å². The molecule has 0 radical (unpaired) electrons. The van der Waals surface area contributed by atoms with Crippen LogP contribution in [0.25, 0.3) is 0 Å². The van der Waals surface area contributed by atoms with Crippen molar-refractivity contribution in [1.29, 1.82) is 0 Å². The summed E-state index contributed by atoms with van der Waals surface area (Å²) < 4.78 is 0. The van der Waals surface area contributed by atoms with Crippen molar-refractivity contribution in [2.75, 3.05) is 0 Å². The Bertz CT molecular complexity index is 395. The molecule has 2 N–H and O–H groups in total. The third-order valence-corrected chi connectivity index (χ3v) is 3.55. The van der Waals surface area contributed by atoms with Crippen molar-refractivity contribution >= 4 is 5.71 Å². The number of nitrogens with zero attached hydrogens (tertiary/aromatic N) is 1. The number of rotatable bonds is 1. The molecule has 0 spiro atoms. The van der Waals surface area contributed by atoms with Crippen LogP contribution in [-0.2, 0) is 6.42 Å². The second-order valence-corrected chi connectivity index (χ2v) is 4.75. The minimum absolute atomic E-state index is 0.326. The Balaban J connectivity index is 2.48. The maximum absolute atomic E-state index is 5.48. The smallest absolute Gasteiger partial charge is 0.0681 e. The molecule has 15 heavy (non-hydrogen) atoms. The molecule has 1 aromatic rings. The summed E-state index contributed by atoms with van der Waals surface area (Å²) in [4.78, 5) is 0. The molecule has 0 bridgehead atoms. The summed E-state index contributed by atoms with van der Waals surface area (Å²) in [6, 6.07) is 8.46. The van der Waals surface area contributed by atoms with Crippen molar-refractivity contribution < 1.29 is 0 Å². The molecule has 2 nitrogen and oxygen atoms in total. The monoisotopic (exact) mass is 202 g/mol. The Morgan fingerprint density at radius 3 is 2.73 bits per heavy atom. The molecule has 1 atom stereocenters. The van der Waals surface area contributed by atoms with Crippen molar-refractivity contribution in [2.45, 2.75) is 33.1 Å². The van der Waals surface area contributed by atoms with Gasteiger partial charge < -0.3 is 5.84 Å². The maximum atomic E-state index is 5.48. The molecule has 1 aliphatic carbocycles. The molecule has 0 heterocycles. The predicted octanol–water partition coefficient (Wildman–Crippen LogP) is 2.71. The van der Waals surface area contributed by atoms with Crippen LogP contribution in [0.4, 0.5) is 0 Å². The van der Waals surface area contributed by atoms with Gasteiger partial charge in [-0.3, -0.25) is 0 Å². The van der Waals surface area contributed by atoms with E-state index in [1.165, 1.54) is 17.5 Å². The Morgan fingerprint density at radius 1 is 1.33 bits per heavy atom. The molecule has 0 amide bonds. The maximum Gasteiger partial charge on any atom is 0.0681 e. The Hall–Kier alpha value is -1.31. The zero-order valence-corrected chi connectivity index (χ0v) is 9.46. The second-order valence-electron chi connectivity index (χ2n) is 4.75. The van der Waals surface area contributed by atoms with E-state index in [1.54, 1.807) is 0 Å². The van der Waals surface area contributed by atoms with Crippen molar-refractivity contribution in [1.82, 2.24) is 0 Å². The highest BCUT2D eigenvalue weighted by Gasteiger charge is 2.31. The standard InChI is InChI=1S/C13H18N2/c1-3-13(2)8-10-6-4-5-7-11(10)12(9-13)15-14/h4-7H,3,8-9,14H2,1-2H3/b15-12+/t13-/m1/s1.